The number of hydrogen-bond acceptors (Lipinski definition) is 0. The molecule has 0 spiro atoms. The Morgan fingerprint density at radius 1 is 0.625 bits per heavy atom. The van der Waals surface area contributed by atoms with Crippen molar-refractivity contribution in [3.63, 3.8) is 0 Å². The van der Waals surface area contributed by atoms with Crippen LogP contribution in [0.15, 0.2) is 24.8 Å². The molecule has 0 nitrogen and oxygen atoms in total. The van der Waals surface area contributed by atoms with E-state index in [9.17, 15) is 0 Å². The third-order valence-corrected chi connectivity index (χ3v) is 2.82. The minimum atomic E-state index is 1.03. The van der Waals surface area contributed by atoms with Gasteiger partial charge in [0.15, 0.2) is 0 Å². The van der Waals surface area contributed by atoms with Crippen molar-refractivity contribution in [3.05, 3.63) is 31.7 Å². The van der Waals surface area contributed by atoms with Gasteiger partial charge in [0.25, 0.3) is 0 Å². The van der Waals surface area contributed by atoms with Crippen LogP contribution in [-0.4, -0.2) is 0 Å². The van der Waals surface area contributed by atoms with E-state index in [1.165, 1.54) is 57.8 Å². The third-order valence-electron chi connectivity index (χ3n) is 2.82. The first-order valence-corrected chi connectivity index (χ1v) is 6.97. The molecule has 0 saturated heterocycles. The number of allylic oxidation sites excluding steroid dienone is 3. The fourth-order valence-corrected chi connectivity index (χ4v) is 1.79. The lowest BCUT2D eigenvalue weighted by Gasteiger charge is -1.99. The second-order valence-corrected chi connectivity index (χ2v) is 4.45. The molecule has 0 saturated carbocycles. The molecule has 16 heavy (non-hydrogen) atoms. The Kier molecular flexibility index (Phi) is 14.0. The van der Waals surface area contributed by atoms with E-state index in [1.54, 1.807) is 0 Å². The molecule has 0 aliphatic rings. The van der Waals surface area contributed by atoms with Crippen molar-refractivity contribution < 1.29 is 0 Å². The van der Waals surface area contributed by atoms with Gasteiger partial charge in [0.05, 0.1) is 0 Å². The zero-order valence-corrected chi connectivity index (χ0v) is 10.9. The number of rotatable bonds is 12. The Hall–Kier alpha value is -0.520. The molecule has 0 aromatic carbocycles. The molecule has 0 atom stereocenters. The SMILES string of the molecule is [CH2]CCC=CCCCCCCCCCC=C. The summed E-state index contributed by atoms with van der Waals surface area (Å²) in [5.41, 5.74) is 0. The Morgan fingerprint density at radius 3 is 1.69 bits per heavy atom. The first kappa shape index (κ1) is 15.5. The molecule has 0 aliphatic heterocycles. The summed E-state index contributed by atoms with van der Waals surface area (Å²) in [5.74, 6) is 0. The van der Waals surface area contributed by atoms with Crippen molar-refractivity contribution in [1.29, 1.82) is 0 Å². The summed E-state index contributed by atoms with van der Waals surface area (Å²) in [6.45, 7) is 7.56. The Labute approximate surface area is 103 Å². The molecule has 0 amide bonds. The van der Waals surface area contributed by atoms with E-state index in [4.69, 9.17) is 0 Å². The molecule has 0 N–H and O–H groups in total. The summed E-state index contributed by atoms with van der Waals surface area (Å²) in [7, 11) is 0. The monoisotopic (exact) mass is 221 g/mol. The molecule has 0 rings (SSSR count). The van der Waals surface area contributed by atoms with Gasteiger partial charge in [-0.25, -0.2) is 0 Å². The van der Waals surface area contributed by atoms with Gasteiger partial charge in [-0.1, -0.05) is 57.3 Å². The molecule has 93 valence electrons. The molecule has 0 aromatic rings. The number of hydrogen-bond donors (Lipinski definition) is 0. The average molecular weight is 221 g/mol. The lowest BCUT2D eigenvalue weighted by Crippen LogP contribution is -1.80. The Morgan fingerprint density at radius 2 is 1.12 bits per heavy atom. The van der Waals surface area contributed by atoms with Crippen molar-refractivity contribution in [2.45, 2.75) is 70.6 Å². The van der Waals surface area contributed by atoms with E-state index in [0.717, 1.165) is 12.8 Å². The molecule has 0 aromatic heterocycles. The zero-order chi connectivity index (χ0) is 11.9. The predicted molar refractivity (Wildman–Crippen MR) is 75.5 cm³/mol. The maximum absolute atomic E-state index is 3.82. The van der Waals surface area contributed by atoms with Crippen LogP contribution >= 0.6 is 0 Å². The molecule has 1 radical (unpaired) electrons. The van der Waals surface area contributed by atoms with Gasteiger partial charge in [-0.3, -0.25) is 0 Å². The molecule has 0 bridgehead atoms. The highest BCUT2D eigenvalue weighted by atomic mass is 14.0. The van der Waals surface area contributed by atoms with Gasteiger partial charge in [-0.05, 0) is 38.5 Å². The minimum Gasteiger partial charge on any atom is -0.103 e. The highest BCUT2D eigenvalue weighted by Crippen LogP contribution is 2.10. The first-order valence-electron chi connectivity index (χ1n) is 6.97. The van der Waals surface area contributed by atoms with Crippen molar-refractivity contribution in [1.82, 2.24) is 0 Å². The van der Waals surface area contributed by atoms with Crippen LogP contribution in [0.4, 0.5) is 0 Å². The predicted octanol–water partition coefficient (Wildman–Crippen LogP) is 5.85. The van der Waals surface area contributed by atoms with E-state index < -0.39 is 0 Å². The van der Waals surface area contributed by atoms with Crippen molar-refractivity contribution in [3.8, 4) is 0 Å². The summed E-state index contributed by atoms with van der Waals surface area (Å²) in [5, 5.41) is 0. The van der Waals surface area contributed by atoms with E-state index in [0.29, 0.717) is 0 Å². The van der Waals surface area contributed by atoms with Gasteiger partial charge >= 0.3 is 0 Å². The topological polar surface area (TPSA) is 0 Å². The number of unbranched alkanes of at least 4 members (excludes halogenated alkanes) is 9. The molecule has 0 aliphatic carbocycles. The fraction of sp³-hybridized carbons (Fsp3) is 0.688. The standard InChI is InChI=1S/C16H29/c1-3-5-7-9-11-13-15-16-14-12-10-8-6-4-2/h3,8,10H,1-2,4-7,9,11-16H2. The second kappa shape index (κ2) is 14.5. The maximum atomic E-state index is 3.82. The van der Waals surface area contributed by atoms with Crippen molar-refractivity contribution in [2.75, 3.05) is 0 Å². The highest BCUT2D eigenvalue weighted by Gasteiger charge is 1.90. The lowest BCUT2D eigenvalue weighted by molar-refractivity contribution is 0.583. The van der Waals surface area contributed by atoms with Crippen LogP contribution in [0.2, 0.25) is 0 Å². The maximum Gasteiger partial charge on any atom is -0.0351 e. The fourth-order valence-electron chi connectivity index (χ4n) is 1.79. The van der Waals surface area contributed by atoms with Crippen LogP contribution in [0.3, 0.4) is 0 Å². The van der Waals surface area contributed by atoms with E-state index in [-0.39, 0.29) is 0 Å². The van der Waals surface area contributed by atoms with Crippen molar-refractivity contribution in [2.24, 2.45) is 0 Å². The highest BCUT2D eigenvalue weighted by molar-refractivity contribution is 4.81. The molecule has 0 fully saturated rings. The van der Waals surface area contributed by atoms with Crippen molar-refractivity contribution >= 4 is 0 Å². The average Bonchev–Trinajstić information content (AvgIpc) is 2.31. The Balaban J connectivity index is 2.95. The zero-order valence-electron chi connectivity index (χ0n) is 10.9. The Bertz CT molecular complexity index is 155. The minimum absolute atomic E-state index is 1.03. The summed E-state index contributed by atoms with van der Waals surface area (Å²) < 4.78 is 0. The molecular weight excluding hydrogens is 192 g/mol. The summed E-state index contributed by atoms with van der Waals surface area (Å²) >= 11 is 0. The van der Waals surface area contributed by atoms with Gasteiger partial charge in [-0.15, -0.1) is 6.58 Å². The van der Waals surface area contributed by atoms with Gasteiger partial charge in [0.2, 0.25) is 0 Å². The first-order chi connectivity index (χ1) is 7.91. The summed E-state index contributed by atoms with van der Waals surface area (Å²) in [6, 6.07) is 0. The molecule has 0 heteroatoms. The summed E-state index contributed by atoms with van der Waals surface area (Å²) in [4.78, 5) is 0. The van der Waals surface area contributed by atoms with Crippen LogP contribution in [0.5, 0.6) is 0 Å². The molecule has 0 unspecified atom stereocenters. The lowest BCUT2D eigenvalue weighted by atomic mass is 10.1. The largest absolute Gasteiger partial charge is 0.103 e. The van der Waals surface area contributed by atoms with E-state index in [1.807, 2.05) is 6.08 Å². The van der Waals surface area contributed by atoms with Crippen LogP contribution < -0.4 is 0 Å². The quantitative estimate of drug-likeness (QED) is 0.286. The molecular formula is C16H29. The van der Waals surface area contributed by atoms with Gasteiger partial charge in [-0.2, -0.15) is 0 Å². The normalized spacial score (nSPS) is 11.1. The van der Waals surface area contributed by atoms with Gasteiger partial charge < -0.3 is 0 Å². The second-order valence-electron chi connectivity index (χ2n) is 4.45. The van der Waals surface area contributed by atoms with Gasteiger partial charge in [0, 0.05) is 0 Å². The third kappa shape index (κ3) is 13.5. The van der Waals surface area contributed by atoms with E-state index >= 15 is 0 Å². The van der Waals surface area contributed by atoms with Crippen LogP contribution in [0, 0.1) is 6.92 Å². The molecule has 0 heterocycles. The van der Waals surface area contributed by atoms with Crippen LogP contribution in [-0.2, 0) is 0 Å². The summed E-state index contributed by atoms with van der Waals surface area (Å²) in [6.07, 6.45) is 20.9. The van der Waals surface area contributed by atoms with E-state index in [2.05, 4.69) is 25.7 Å². The van der Waals surface area contributed by atoms with Crippen LogP contribution in [0.25, 0.3) is 0 Å². The smallest absolute Gasteiger partial charge is 0.0351 e. The van der Waals surface area contributed by atoms with Gasteiger partial charge in [0.1, 0.15) is 0 Å². The van der Waals surface area contributed by atoms with Crippen LogP contribution in [0.1, 0.15) is 70.6 Å².